The van der Waals surface area contributed by atoms with Gasteiger partial charge in [0.15, 0.2) is 0 Å². The van der Waals surface area contributed by atoms with Gasteiger partial charge in [-0.1, -0.05) is 20.3 Å². The van der Waals surface area contributed by atoms with Crippen molar-refractivity contribution in [1.82, 2.24) is 15.5 Å². The van der Waals surface area contributed by atoms with Gasteiger partial charge in [-0.15, -0.1) is 0 Å². The number of rotatable bonds is 9. The van der Waals surface area contributed by atoms with Crippen molar-refractivity contribution in [2.24, 2.45) is 5.92 Å². The van der Waals surface area contributed by atoms with Crippen LogP contribution >= 0.6 is 0 Å². The SMILES string of the molecule is CCC(C)C(NC(=O)NCCC(=O)N(CC)CC)C(=O)O. The number of nitrogens with zero attached hydrogens (tertiary/aromatic N) is 1. The Bertz CT molecular complexity index is 356. The van der Waals surface area contributed by atoms with Crippen molar-refractivity contribution in [3.8, 4) is 0 Å². The summed E-state index contributed by atoms with van der Waals surface area (Å²) >= 11 is 0. The van der Waals surface area contributed by atoms with Crippen molar-refractivity contribution in [2.75, 3.05) is 19.6 Å². The number of amides is 3. The van der Waals surface area contributed by atoms with Gasteiger partial charge in [0, 0.05) is 26.1 Å². The van der Waals surface area contributed by atoms with Gasteiger partial charge in [-0.25, -0.2) is 9.59 Å². The van der Waals surface area contributed by atoms with E-state index < -0.39 is 18.0 Å². The zero-order chi connectivity index (χ0) is 16.4. The van der Waals surface area contributed by atoms with Crippen molar-refractivity contribution in [3.63, 3.8) is 0 Å². The third-order valence-electron chi connectivity index (χ3n) is 3.51. The molecule has 0 rings (SSSR count). The summed E-state index contributed by atoms with van der Waals surface area (Å²) in [7, 11) is 0. The Morgan fingerprint density at radius 2 is 1.71 bits per heavy atom. The van der Waals surface area contributed by atoms with E-state index in [1.807, 2.05) is 20.8 Å². The minimum atomic E-state index is -1.06. The fraction of sp³-hybridized carbons (Fsp3) is 0.786. The van der Waals surface area contributed by atoms with Crippen molar-refractivity contribution in [1.29, 1.82) is 0 Å². The van der Waals surface area contributed by atoms with Crippen LogP contribution in [-0.2, 0) is 9.59 Å². The number of carbonyl (C=O) groups excluding carboxylic acids is 2. The molecule has 0 aromatic heterocycles. The van der Waals surface area contributed by atoms with Crippen LogP contribution in [0.1, 0.15) is 40.5 Å². The number of carbonyl (C=O) groups is 3. The Morgan fingerprint density at radius 3 is 2.14 bits per heavy atom. The third kappa shape index (κ3) is 6.97. The van der Waals surface area contributed by atoms with Crippen molar-refractivity contribution < 1.29 is 19.5 Å². The molecule has 0 saturated heterocycles. The van der Waals surface area contributed by atoms with E-state index in [1.54, 1.807) is 11.8 Å². The molecule has 0 aliphatic rings. The van der Waals surface area contributed by atoms with Crippen LogP contribution in [0.3, 0.4) is 0 Å². The smallest absolute Gasteiger partial charge is 0.326 e. The van der Waals surface area contributed by atoms with Gasteiger partial charge in [-0.3, -0.25) is 4.79 Å². The molecule has 0 radical (unpaired) electrons. The molecule has 0 fully saturated rings. The maximum atomic E-state index is 11.7. The molecule has 2 unspecified atom stereocenters. The fourth-order valence-electron chi connectivity index (χ4n) is 1.89. The molecule has 0 saturated carbocycles. The minimum absolute atomic E-state index is 0.0305. The molecule has 0 aromatic rings. The molecule has 0 bridgehead atoms. The number of carboxylic acids is 1. The summed E-state index contributed by atoms with van der Waals surface area (Å²) in [6, 6.07) is -1.48. The number of urea groups is 1. The summed E-state index contributed by atoms with van der Waals surface area (Å²) in [4.78, 5) is 36.2. The van der Waals surface area contributed by atoms with E-state index in [-0.39, 0.29) is 24.8 Å². The molecule has 0 heterocycles. The first-order valence-corrected chi connectivity index (χ1v) is 7.42. The Balaban J connectivity index is 4.20. The molecular formula is C14H27N3O4. The van der Waals surface area contributed by atoms with Gasteiger partial charge in [0.05, 0.1) is 0 Å². The predicted octanol–water partition coefficient (Wildman–Crippen LogP) is 1.04. The molecule has 7 heteroatoms. The average Bonchev–Trinajstić information content (AvgIpc) is 2.45. The lowest BCUT2D eigenvalue weighted by molar-refractivity contribution is -0.140. The van der Waals surface area contributed by atoms with E-state index in [1.165, 1.54) is 0 Å². The molecule has 3 amide bonds. The van der Waals surface area contributed by atoms with Crippen molar-refractivity contribution in [2.45, 2.75) is 46.6 Å². The monoisotopic (exact) mass is 301 g/mol. The summed E-state index contributed by atoms with van der Waals surface area (Å²) < 4.78 is 0. The topological polar surface area (TPSA) is 98.7 Å². The molecule has 21 heavy (non-hydrogen) atoms. The highest BCUT2D eigenvalue weighted by Gasteiger charge is 2.25. The first-order chi connectivity index (χ1) is 9.87. The number of hydrogen-bond donors (Lipinski definition) is 3. The highest BCUT2D eigenvalue weighted by Crippen LogP contribution is 2.07. The molecule has 0 spiro atoms. The summed E-state index contributed by atoms with van der Waals surface area (Å²) in [5.41, 5.74) is 0. The van der Waals surface area contributed by atoms with Crippen LogP contribution in [0, 0.1) is 5.92 Å². The molecule has 122 valence electrons. The number of aliphatic carboxylic acids is 1. The zero-order valence-corrected chi connectivity index (χ0v) is 13.3. The zero-order valence-electron chi connectivity index (χ0n) is 13.3. The lowest BCUT2D eigenvalue weighted by Gasteiger charge is -2.21. The number of hydrogen-bond acceptors (Lipinski definition) is 3. The molecule has 3 N–H and O–H groups in total. The van der Waals surface area contributed by atoms with Crippen molar-refractivity contribution in [3.05, 3.63) is 0 Å². The first kappa shape index (κ1) is 19.2. The maximum absolute atomic E-state index is 11.7. The minimum Gasteiger partial charge on any atom is -0.480 e. The molecule has 0 aliphatic heterocycles. The van der Waals surface area contributed by atoms with Gasteiger partial charge in [-0.05, 0) is 19.8 Å². The Kier molecular flexibility index (Phi) is 9.16. The summed E-state index contributed by atoms with van der Waals surface area (Å²) in [6.07, 6.45) is 0.855. The van der Waals surface area contributed by atoms with Gasteiger partial charge >= 0.3 is 12.0 Å². The third-order valence-corrected chi connectivity index (χ3v) is 3.51. The van der Waals surface area contributed by atoms with Crippen molar-refractivity contribution >= 4 is 17.9 Å². The Morgan fingerprint density at radius 1 is 1.14 bits per heavy atom. The van der Waals surface area contributed by atoms with Crippen LogP contribution in [0.4, 0.5) is 4.79 Å². The van der Waals surface area contributed by atoms with Crippen LogP contribution in [0.15, 0.2) is 0 Å². The van der Waals surface area contributed by atoms with Crippen LogP contribution in [0.5, 0.6) is 0 Å². The lowest BCUT2D eigenvalue weighted by atomic mass is 9.99. The lowest BCUT2D eigenvalue weighted by Crippen LogP contribution is -2.49. The Labute approximate surface area is 126 Å². The summed E-state index contributed by atoms with van der Waals surface area (Å²) in [6.45, 7) is 8.88. The van der Waals surface area contributed by atoms with E-state index in [4.69, 9.17) is 5.11 Å². The largest absolute Gasteiger partial charge is 0.480 e. The quantitative estimate of drug-likeness (QED) is 0.592. The molecule has 7 nitrogen and oxygen atoms in total. The van der Waals surface area contributed by atoms with E-state index in [0.29, 0.717) is 19.5 Å². The van der Waals surface area contributed by atoms with Gasteiger partial charge in [-0.2, -0.15) is 0 Å². The van der Waals surface area contributed by atoms with Crippen LogP contribution < -0.4 is 10.6 Å². The number of carboxylic acid groups (broad SMARTS) is 1. The second-order valence-corrected chi connectivity index (χ2v) is 4.92. The van der Waals surface area contributed by atoms with E-state index in [0.717, 1.165) is 0 Å². The second-order valence-electron chi connectivity index (χ2n) is 4.92. The van der Waals surface area contributed by atoms with Crippen LogP contribution in [0.2, 0.25) is 0 Å². The van der Waals surface area contributed by atoms with Crippen LogP contribution in [-0.4, -0.2) is 53.6 Å². The number of nitrogens with one attached hydrogen (secondary N) is 2. The fourth-order valence-corrected chi connectivity index (χ4v) is 1.89. The van der Waals surface area contributed by atoms with E-state index in [9.17, 15) is 14.4 Å². The van der Waals surface area contributed by atoms with Crippen LogP contribution in [0.25, 0.3) is 0 Å². The molecular weight excluding hydrogens is 274 g/mol. The van der Waals surface area contributed by atoms with Gasteiger partial charge < -0.3 is 20.6 Å². The van der Waals surface area contributed by atoms with Gasteiger partial charge in [0.2, 0.25) is 5.91 Å². The van der Waals surface area contributed by atoms with E-state index in [2.05, 4.69) is 10.6 Å². The van der Waals surface area contributed by atoms with Gasteiger partial charge in [0.25, 0.3) is 0 Å². The highest BCUT2D eigenvalue weighted by atomic mass is 16.4. The molecule has 0 aliphatic carbocycles. The average molecular weight is 301 g/mol. The summed E-state index contributed by atoms with van der Waals surface area (Å²) in [5.74, 6) is -1.25. The maximum Gasteiger partial charge on any atom is 0.326 e. The highest BCUT2D eigenvalue weighted by molar-refractivity contribution is 5.83. The molecule has 0 aromatic carbocycles. The van der Waals surface area contributed by atoms with E-state index >= 15 is 0 Å². The first-order valence-electron chi connectivity index (χ1n) is 7.42. The second kappa shape index (κ2) is 10.0. The normalized spacial score (nSPS) is 13.1. The molecule has 2 atom stereocenters. The predicted molar refractivity (Wildman–Crippen MR) is 80.0 cm³/mol. The van der Waals surface area contributed by atoms with Gasteiger partial charge in [0.1, 0.15) is 6.04 Å². The Hall–Kier alpha value is -1.79. The summed E-state index contributed by atoms with van der Waals surface area (Å²) in [5, 5.41) is 14.0. The standard InChI is InChI=1S/C14H27N3O4/c1-5-10(4)12(13(19)20)16-14(21)15-9-8-11(18)17(6-2)7-3/h10,12H,5-9H2,1-4H3,(H,19,20)(H2,15,16,21).